The summed E-state index contributed by atoms with van der Waals surface area (Å²) in [5.74, 6) is -1.77. The number of nitrogens with two attached hydrogens (primary N) is 1. The molecule has 0 aliphatic carbocycles. The summed E-state index contributed by atoms with van der Waals surface area (Å²) >= 11 is 5.48. The Morgan fingerprint density at radius 3 is 2.76 bits per heavy atom. The molecule has 0 radical (unpaired) electrons. The Morgan fingerprint density at radius 2 is 2.24 bits per heavy atom. The SMILES string of the molecule is CCOC(=O)C(F)[C@@H](N)c1ccc(Cl)c(F)c1. The lowest BCUT2D eigenvalue weighted by atomic mass is 10.0. The minimum absolute atomic E-state index is 0.0565. The van der Waals surface area contributed by atoms with Crippen LogP contribution in [-0.2, 0) is 9.53 Å². The molecule has 1 aromatic carbocycles. The third kappa shape index (κ3) is 3.38. The van der Waals surface area contributed by atoms with Gasteiger partial charge in [-0.2, -0.15) is 0 Å². The van der Waals surface area contributed by atoms with Crippen molar-refractivity contribution in [2.45, 2.75) is 19.1 Å². The quantitative estimate of drug-likeness (QED) is 0.849. The van der Waals surface area contributed by atoms with Crippen LogP contribution in [0.3, 0.4) is 0 Å². The van der Waals surface area contributed by atoms with Crippen molar-refractivity contribution in [1.82, 2.24) is 0 Å². The average Bonchev–Trinajstić information content (AvgIpc) is 2.31. The van der Waals surface area contributed by atoms with Crippen LogP contribution in [0.2, 0.25) is 5.02 Å². The first-order chi connectivity index (χ1) is 7.97. The molecule has 1 unspecified atom stereocenters. The maximum Gasteiger partial charge on any atom is 0.342 e. The minimum Gasteiger partial charge on any atom is -0.464 e. The number of rotatable bonds is 4. The Labute approximate surface area is 103 Å². The maximum absolute atomic E-state index is 13.5. The summed E-state index contributed by atoms with van der Waals surface area (Å²) < 4.78 is 31.2. The maximum atomic E-state index is 13.5. The first kappa shape index (κ1) is 13.9. The number of hydrogen-bond acceptors (Lipinski definition) is 3. The van der Waals surface area contributed by atoms with Crippen LogP contribution in [0.5, 0.6) is 0 Å². The Morgan fingerprint density at radius 1 is 1.59 bits per heavy atom. The molecule has 0 aliphatic heterocycles. The van der Waals surface area contributed by atoms with Gasteiger partial charge in [-0.3, -0.25) is 0 Å². The Balaban J connectivity index is 2.84. The van der Waals surface area contributed by atoms with Crippen LogP contribution < -0.4 is 5.73 Å². The molecule has 0 saturated carbocycles. The van der Waals surface area contributed by atoms with E-state index in [0.717, 1.165) is 6.07 Å². The van der Waals surface area contributed by atoms with Gasteiger partial charge in [0.25, 0.3) is 0 Å². The van der Waals surface area contributed by atoms with Crippen LogP contribution in [0.15, 0.2) is 18.2 Å². The summed E-state index contributed by atoms with van der Waals surface area (Å²) in [6.07, 6.45) is -2.03. The van der Waals surface area contributed by atoms with Gasteiger partial charge in [-0.25, -0.2) is 13.6 Å². The van der Waals surface area contributed by atoms with E-state index in [1.807, 2.05) is 0 Å². The standard InChI is InChI=1S/C11H12ClF2NO2/c1-2-17-11(16)9(14)10(15)6-3-4-7(12)8(13)5-6/h3-5,9-10H,2,15H2,1H3/t9?,10-/m0/s1. The van der Waals surface area contributed by atoms with E-state index >= 15 is 0 Å². The van der Waals surface area contributed by atoms with Gasteiger partial charge in [0.2, 0.25) is 6.17 Å². The van der Waals surface area contributed by atoms with Crippen LogP contribution in [0.25, 0.3) is 0 Å². The number of ether oxygens (including phenoxy) is 1. The molecule has 2 atom stereocenters. The molecular weight excluding hydrogens is 252 g/mol. The highest BCUT2D eigenvalue weighted by atomic mass is 35.5. The molecule has 0 saturated heterocycles. The van der Waals surface area contributed by atoms with Crippen LogP contribution in [0.4, 0.5) is 8.78 Å². The molecule has 0 amide bonds. The number of benzene rings is 1. The van der Waals surface area contributed by atoms with Crippen molar-refractivity contribution in [1.29, 1.82) is 0 Å². The molecule has 6 heteroatoms. The van der Waals surface area contributed by atoms with E-state index in [0.29, 0.717) is 0 Å². The Hall–Kier alpha value is -1.20. The summed E-state index contributed by atoms with van der Waals surface area (Å²) in [6, 6.07) is 2.34. The van der Waals surface area contributed by atoms with Crippen molar-refractivity contribution in [3.8, 4) is 0 Å². The van der Waals surface area contributed by atoms with Crippen LogP contribution in [-0.4, -0.2) is 18.7 Å². The summed E-state index contributed by atoms with van der Waals surface area (Å²) in [5, 5.41) is -0.0903. The van der Waals surface area contributed by atoms with Crippen LogP contribution >= 0.6 is 11.6 Å². The summed E-state index contributed by atoms with van der Waals surface area (Å²) in [4.78, 5) is 11.1. The molecule has 17 heavy (non-hydrogen) atoms. The summed E-state index contributed by atoms with van der Waals surface area (Å²) in [6.45, 7) is 1.61. The van der Waals surface area contributed by atoms with Gasteiger partial charge in [0, 0.05) is 0 Å². The van der Waals surface area contributed by atoms with Crippen molar-refractivity contribution in [2.75, 3.05) is 6.61 Å². The van der Waals surface area contributed by atoms with E-state index in [4.69, 9.17) is 17.3 Å². The average molecular weight is 264 g/mol. The van der Waals surface area contributed by atoms with Crippen molar-refractivity contribution < 1.29 is 18.3 Å². The number of carbonyl (C=O) groups is 1. The topological polar surface area (TPSA) is 52.3 Å². The lowest BCUT2D eigenvalue weighted by Gasteiger charge is -2.16. The molecule has 0 aromatic heterocycles. The van der Waals surface area contributed by atoms with Gasteiger partial charge >= 0.3 is 5.97 Å². The monoisotopic (exact) mass is 263 g/mol. The van der Waals surface area contributed by atoms with Gasteiger partial charge in [-0.15, -0.1) is 0 Å². The molecule has 94 valence electrons. The molecule has 0 heterocycles. The van der Waals surface area contributed by atoms with E-state index in [-0.39, 0.29) is 17.2 Å². The number of halogens is 3. The molecule has 0 spiro atoms. The van der Waals surface area contributed by atoms with Gasteiger partial charge in [0.1, 0.15) is 5.82 Å². The Bertz CT molecular complexity index is 414. The van der Waals surface area contributed by atoms with Crippen molar-refractivity contribution in [2.24, 2.45) is 5.73 Å². The first-order valence-corrected chi connectivity index (χ1v) is 5.36. The van der Waals surface area contributed by atoms with E-state index in [1.165, 1.54) is 12.1 Å². The van der Waals surface area contributed by atoms with E-state index in [2.05, 4.69) is 4.74 Å². The molecule has 0 aliphatic rings. The van der Waals surface area contributed by atoms with Gasteiger partial charge in [0.15, 0.2) is 0 Å². The third-order valence-corrected chi connectivity index (χ3v) is 2.46. The van der Waals surface area contributed by atoms with Crippen molar-refractivity contribution in [3.05, 3.63) is 34.6 Å². The van der Waals surface area contributed by atoms with E-state index in [9.17, 15) is 13.6 Å². The van der Waals surface area contributed by atoms with Gasteiger partial charge in [0.05, 0.1) is 17.7 Å². The van der Waals surface area contributed by atoms with Crippen molar-refractivity contribution in [3.63, 3.8) is 0 Å². The minimum atomic E-state index is -2.03. The highest BCUT2D eigenvalue weighted by Gasteiger charge is 2.28. The second-order valence-electron chi connectivity index (χ2n) is 3.35. The molecule has 0 fully saturated rings. The second kappa shape index (κ2) is 5.93. The fourth-order valence-corrected chi connectivity index (χ4v) is 1.37. The van der Waals surface area contributed by atoms with Gasteiger partial charge in [-0.1, -0.05) is 17.7 Å². The van der Waals surface area contributed by atoms with Crippen molar-refractivity contribution >= 4 is 17.6 Å². The highest BCUT2D eigenvalue weighted by molar-refractivity contribution is 6.30. The number of hydrogen-bond donors (Lipinski definition) is 1. The molecular formula is C11H12ClF2NO2. The zero-order valence-corrected chi connectivity index (χ0v) is 9.88. The van der Waals surface area contributed by atoms with Crippen LogP contribution in [0, 0.1) is 5.82 Å². The zero-order chi connectivity index (χ0) is 13.0. The molecule has 3 nitrogen and oxygen atoms in total. The van der Waals surface area contributed by atoms with Gasteiger partial charge < -0.3 is 10.5 Å². The lowest BCUT2D eigenvalue weighted by molar-refractivity contribution is -0.149. The molecule has 2 N–H and O–H groups in total. The molecule has 1 aromatic rings. The normalized spacial score (nSPS) is 14.2. The second-order valence-corrected chi connectivity index (χ2v) is 3.76. The first-order valence-electron chi connectivity index (χ1n) is 4.98. The number of carbonyl (C=O) groups excluding carboxylic acids is 1. The Kier molecular flexibility index (Phi) is 4.84. The fraction of sp³-hybridized carbons (Fsp3) is 0.364. The summed E-state index contributed by atoms with van der Waals surface area (Å²) in [5.41, 5.74) is 5.65. The predicted molar refractivity (Wildman–Crippen MR) is 59.9 cm³/mol. The lowest BCUT2D eigenvalue weighted by Crippen LogP contribution is -2.31. The number of alkyl halides is 1. The predicted octanol–water partition coefficient (Wildman–Crippen LogP) is 2.38. The number of esters is 1. The van der Waals surface area contributed by atoms with Gasteiger partial charge in [-0.05, 0) is 24.6 Å². The zero-order valence-electron chi connectivity index (χ0n) is 9.12. The smallest absolute Gasteiger partial charge is 0.342 e. The summed E-state index contributed by atoms with van der Waals surface area (Å²) in [7, 11) is 0. The largest absolute Gasteiger partial charge is 0.464 e. The fourth-order valence-electron chi connectivity index (χ4n) is 1.26. The highest BCUT2D eigenvalue weighted by Crippen LogP contribution is 2.22. The van der Waals surface area contributed by atoms with E-state index < -0.39 is 24.0 Å². The molecule has 1 rings (SSSR count). The van der Waals surface area contributed by atoms with Crippen LogP contribution in [0.1, 0.15) is 18.5 Å². The molecule has 0 bridgehead atoms. The third-order valence-electron chi connectivity index (χ3n) is 2.16. The van der Waals surface area contributed by atoms with E-state index in [1.54, 1.807) is 6.92 Å².